The van der Waals surface area contributed by atoms with Gasteiger partial charge in [0.25, 0.3) is 0 Å². The third kappa shape index (κ3) is 6.09. The Morgan fingerprint density at radius 2 is 2.00 bits per heavy atom. The molecule has 0 rings (SSSR count). The lowest BCUT2D eigenvalue weighted by Crippen LogP contribution is -1.87. The van der Waals surface area contributed by atoms with E-state index in [0.29, 0.717) is 6.26 Å². The maximum Gasteiger partial charge on any atom is 0.199 e. The second kappa shape index (κ2) is 2.41. The normalized spacial score (nSPS) is 14.3. The number of hydrogen-bond donors (Lipinski definition) is 1. The van der Waals surface area contributed by atoms with E-state index in [4.69, 9.17) is 5.26 Å². The van der Waals surface area contributed by atoms with Crippen LogP contribution in [0.25, 0.3) is 0 Å². The molecule has 0 atom stereocenters. The summed E-state index contributed by atoms with van der Waals surface area (Å²) in [4.78, 5) is 0. The first-order chi connectivity index (χ1) is 3.06. The lowest BCUT2D eigenvalue weighted by molar-refractivity contribution is -0.438. The molecule has 0 amide bonds. The van der Waals surface area contributed by atoms with Gasteiger partial charge in [0.15, 0.2) is 11.1 Å². The molecule has 1 N–H and O–H groups in total. The van der Waals surface area contributed by atoms with Crippen LogP contribution >= 0.6 is 11.1 Å². The van der Waals surface area contributed by atoms with Gasteiger partial charge in [-0.05, 0) is 0 Å². The topological polar surface area (TPSA) is 38.7 Å². The molecule has 0 spiro atoms. The maximum atomic E-state index is 11.3. The Bertz CT molecular complexity index is 51.4. The average molecular weight is 134 g/mol. The zero-order valence-electron chi connectivity index (χ0n) is 3.43. The monoisotopic (exact) mass is 134 g/mol. The van der Waals surface area contributed by atoms with E-state index in [-0.39, 0.29) is 0 Å². The van der Waals surface area contributed by atoms with Crippen molar-refractivity contribution in [3.63, 3.8) is 0 Å². The largest absolute Gasteiger partial charge is 0.220 e. The van der Waals surface area contributed by atoms with Crippen molar-refractivity contribution in [1.29, 1.82) is 0 Å². The van der Waals surface area contributed by atoms with Crippen molar-refractivity contribution in [1.82, 2.24) is 0 Å². The first kappa shape index (κ1) is 7.09. The lowest BCUT2D eigenvalue weighted by Gasteiger charge is -2.07. The van der Waals surface area contributed by atoms with Crippen molar-refractivity contribution in [2.24, 2.45) is 0 Å². The lowest BCUT2D eigenvalue weighted by atomic mass is 12.0. The first-order valence-corrected chi connectivity index (χ1v) is 3.00. The Kier molecular flexibility index (Phi) is 2.44. The van der Waals surface area contributed by atoms with Gasteiger partial charge in [-0.3, -0.25) is 0 Å². The predicted molar refractivity (Wildman–Crippen MR) is 20.5 cm³/mol. The van der Waals surface area contributed by atoms with Crippen LogP contribution in [-0.2, 0) is 9.37 Å². The minimum Gasteiger partial charge on any atom is -0.220 e. The van der Waals surface area contributed by atoms with Gasteiger partial charge in [-0.25, -0.2) is 5.26 Å². The van der Waals surface area contributed by atoms with Crippen LogP contribution in [0.3, 0.4) is 0 Å². The summed E-state index contributed by atoms with van der Waals surface area (Å²) in [5.41, 5.74) is 0. The van der Waals surface area contributed by atoms with Crippen LogP contribution in [-0.4, -0.2) is 11.5 Å². The minimum absolute atomic E-state index is 0.517. The Labute approximate surface area is 40.8 Å². The summed E-state index contributed by atoms with van der Waals surface area (Å²) in [6, 6.07) is 0. The highest BCUT2D eigenvalue weighted by atomic mass is 32.3. The van der Waals surface area contributed by atoms with Crippen molar-refractivity contribution >= 4 is 11.1 Å². The Morgan fingerprint density at radius 1 is 1.57 bits per heavy atom. The smallest absolute Gasteiger partial charge is 0.199 e. The Balaban J connectivity index is 3.15. The zero-order valence-corrected chi connectivity index (χ0v) is 4.24. The van der Waals surface area contributed by atoms with Crippen molar-refractivity contribution in [3.8, 4) is 0 Å². The SMILES string of the molecule is CS(F)(F)OOO. The van der Waals surface area contributed by atoms with Gasteiger partial charge in [0.2, 0.25) is 0 Å². The molecule has 0 aromatic rings. The van der Waals surface area contributed by atoms with Gasteiger partial charge in [-0.2, -0.15) is 0 Å². The third-order valence-electron chi connectivity index (χ3n) is 0.150. The van der Waals surface area contributed by atoms with Gasteiger partial charge in [0.05, 0.1) is 0 Å². The maximum absolute atomic E-state index is 11.3. The van der Waals surface area contributed by atoms with Crippen LogP contribution in [0.5, 0.6) is 0 Å². The standard InChI is InChI=1S/CH4F2O3S/c1-7(2,3)6-5-4/h4H,1H3. The average Bonchev–Trinajstić information content (AvgIpc) is 1.30. The van der Waals surface area contributed by atoms with Crippen LogP contribution in [0.4, 0.5) is 7.77 Å². The molecule has 0 saturated carbocycles. The summed E-state index contributed by atoms with van der Waals surface area (Å²) >= 11 is -4.15. The molecule has 7 heavy (non-hydrogen) atoms. The molecule has 0 bridgehead atoms. The van der Waals surface area contributed by atoms with Crippen LogP contribution < -0.4 is 0 Å². The highest BCUT2D eigenvalue weighted by molar-refractivity contribution is 8.20. The van der Waals surface area contributed by atoms with E-state index in [1.54, 1.807) is 0 Å². The summed E-state index contributed by atoms with van der Waals surface area (Å²) in [5, 5.41) is 9.91. The molecule has 0 saturated heterocycles. The van der Waals surface area contributed by atoms with Crippen molar-refractivity contribution < 1.29 is 22.4 Å². The fourth-order valence-electron chi connectivity index (χ4n) is 0.0534. The molecular weight excluding hydrogens is 130 g/mol. The Morgan fingerprint density at radius 3 is 2.00 bits per heavy atom. The molecular formula is CH4F2O3S. The molecule has 0 radical (unpaired) electrons. The van der Waals surface area contributed by atoms with E-state index in [1.165, 1.54) is 0 Å². The van der Waals surface area contributed by atoms with Gasteiger partial charge in [-0.15, -0.1) is 7.77 Å². The quantitative estimate of drug-likeness (QED) is 0.459. The summed E-state index contributed by atoms with van der Waals surface area (Å²) in [6.07, 6.45) is 0.517. The van der Waals surface area contributed by atoms with Crippen LogP contribution in [0.1, 0.15) is 0 Å². The summed E-state index contributed by atoms with van der Waals surface area (Å²) in [7, 11) is 0. The van der Waals surface area contributed by atoms with Gasteiger partial charge < -0.3 is 0 Å². The van der Waals surface area contributed by atoms with E-state index in [1.807, 2.05) is 0 Å². The van der Waals surface area contributed by atoms with Gasteiger partial charge in [0, 0.05) is 6.26 Å². The third-order valence-corrected chi connectivity index (χ3v) is 0.450. The number of halogens is 2. The summed E-state index contributed by atoms with van der Waals surface area (Å²) in [6.45, 7) is 0. The first-order valence-electron chi connectivity index (χ1n) is 1.23. The van der Waals surface area contributed by atoms with Crippen molar-refractivity contribution in [3.05, 3.63) is 0 Å². The molecule has 46 valence electrons. The molecule has 0 aliphatic heterocycles. The van der Waals surface area contributed by atoms with Crippen LogP contribution in [0.2, 0.25) is 0 Å². The van der Waals surface area contributed by atoms with Gasteiger partial charge >= 0.3 is 0 Å². The second-order valence-corrected chi connectivity index (χ2v) is 2.26. The van der Waals surface area contributed by atoms with Crippen LogP contribution in [0.15, 0.2) is 0 Å². The fourth-order valence-corrected chi connectivity index (χ4v) is 0.160. The number of rotatable bonds is 2. The van der Waals surface area contributed by atoms with Crippen molar-refractivity contribution in [2.45, 2.75) is 0 Å². The molecule has 0 unspecified atom stereocenters. The molecule has 0 aromatic carbocycles. The fraction of sp³-hybridized carbons (Fsp3) is 1.00. The molecule has 0 heterocycles. The summed E-state index contributed by atoms with van der Waals surface area (Å²) in [5.74, 6) is 0. The minimum atomic E-state index is -4.15. The molecule has 0 aliphatic rings. The molecule has 0 aromatic heterocycles. The van der Waals surface area contributed by atoms with E-state index < -0.39 is 11.1 Å². The van der Waals surface area contributed by atoms with E-state index in [0.717, 1.165) is 0 Å². The van der Waals surface area contributed by atoms with Gasteiger partial charge in [-0.1, -0.05) is 9.37 Å². The molecule has 0 fully saturated rings. The van der Waals surface area contributed by atoms with Crippen molar-refractivity contribution in [2.75, 3.05) is 6.26 Å². The van der Waals surface area contributed by atoms with Gasteiger partial charge in [0.1, 0.15) is 0 Å². The second-order valence-electron chi connectivity index (χ2n) is 0.802. The number of hydrogen-bond acceptors (Lipinski definition) is 3. The van der Waals surface area contributed by atoms with E-state index >= 15 is 0 Å². The molecule has 3 nitrogen and oxygen atoms in total. The highest BCUT2D eigenvalue weighted by Gasteiger charge is 2.15. The zero-order chi connectivity index (χ0) is 5.91. The predicted octanol–water partition coefficient (Wildman–Crippen LogP) is 1.53. The van der Waals surface area contributed by atoms with E-state index in [2.05, 4.69) is 9.37 Å². The van der Waals surface area contributed by atoms with Crippen LogP contribution in [0, 0.1) is 0 Å². The van der Waals surface area contributed by atoms with E-state index in [9.17, 15) is 7.77 Å². The Hall–Kier alpha value is 0.0900. The molecule has 0 aliphatic carbocycles. The molecule has 6 heteroatoms. The summed E-state index contributed by atoms with van der Waals surface area (Å²) < 4.78 is 25.6. The highest BCUT2D eigenvalue weighted by Crippen LogP contribution is 2.48.